The summed E-state index contributed by atoms with van der Waals surface area (Å²) in [7, 11) is 0. The smallest absolute Gasteiger partial charge is 0.366 e. The molecule has 0 bridgehead atoms. The summed E-state index contributed by atoms with van der Waals surface area (Å²) in [5.41, 5.74) is 2.72. The third-order valence-electron chi connectivity index (χ3n) is 3.32. The first kappa shape index (κ1) is 18.5. The van der Waals surface area contributed by atoms with Gasteiger partial charge in [-0.2, -0.15) is 18.3 Å². The van der Waals surface area contributed by atoms with Gasteiger partial charge in [0.05, 0.1) is 17.3 Å². The number of primary amides is 1. The van der Waals surface area contributed by atoms with Gasteiger partial charge in [-0.25, -0.2) is 0 Å². The lowest BCUT2D eigenvalue weighted by Gasteiger charge is -2.23. The van der Waals surface area contributed by atoms with Gasteiger partial charge in [-0.05, 0) is 39.0 Å². The van der Waals surface area contributed by atoms with Crippen molar-refractivity contribution in [3.63, 3.8) is 0 Å². The van der Waals surface area contributed by atoms with E-state index in [9.17, 15) is 22.8 Å². The molecule has 0 fully saturated rings. The number of hydrogen-bond donors (Lipinski definition) is 2. The van der Waals surface area contributed by atoms with E-state index < -0.39 is 34.8 Å². The molecule has 6 nitrogen and oxygen atoms in total. The highest BCUT2D eigenvalue weighted by Crippen LogP contribution is 2.35. The van der Waals surface area contributed by atoms with Crippen LogP contribution in [0.15, 0.2) is 30.5 Å². The number of anilines is 1. The van der Waals surface area contributed by atoms with Gasteiger partial charge in [-0.1, -0.05) is 6.07 Å². The number of nitrogens with zero attached hydrogens (tertiary/aromatic N) is 2. The molecule has 2 aromatic rings. The van der Waals surface area contributed by atoms with Crippen molar-refractivity contribution in [1.82, 2.24) is 9.78 Å². The summed E-state index contributed by atoms with van der Waals surface area (Å²) >= 11 is 0. The zero-order valence-corrected chi connectivity index (χ0v) is 13.8. The Morgan fingerprint density at radius 2 is 1.84 bits per heavy atom. The molecule has 0 saturated heterocycles. The van der Waals surface area contributed by atoms with Crippen LogP contribution in [0.3, 0.4) is 0 Å². The monoisotopic (exact) mass is 354 g/mol. The molecule has 0 aliphatic heterocycles. The summed E-state index contributed by atoms with van der Waals surface area (Å²) in [6, 6.07) is 5.60. The van der Waals surface area contributed by atoms with Gasteiger partial charge in [0, 0.05) is 11.3 Å². The van der Waals surface area contributed by atoms with E-state index in [4.69, 9.17) is 5.73 Å². The van der Waals surface area contributed by atoms with E-state index in [0.29, 0.717) is 0 Å². The molecule has 0 aliphatic carbocycles. The summed E-state index contributed by atoms with van der Waals surface area (Å²) in [6.07, 6.45) is -3.88. The van der Waals surface area contributed by atoms with E-state index in [1.807, 2.05) is 0 Å². The normalized spacial score (nSPS) is 12.1. The second kappa shape index (κ2) is 6.23. The summed E-state index contributed by atoms with van der Waals surface area (Å²) in [4.78, 5) is 23.5. The third-order valence-corrected chi connectivity index (χ3v) is 3.32. The van der Waals surface area contributed by atoms with E-state index >= 15 is 0 Å². The molecule has 1 heterocycles. The highest BCUT2D eigenvalue weighted by atomic mass is 19.4. The molecule has 2 amide bonds. The van der Waals surface area contributed by atoms with E-state index in [-0.39, 0.29) is 11.3 Å². The van der Waals surface area contributed by atoms with Crippen LogP contribution >= 0.6 is 0 Å². The fourth-order valence-electron chi connectivity index (χ4n) is 2.24. The molecule has 0 radical (unpaired) electrons. The number of halogens is 3. The van der Waals surface area contributed by atoms with Crippen LogP contribution < -0.4 is 11.1 Å². The zero-order chi connectivity index (χ0) is 19.0. The highest BCUT2D eigenvalue weighted by Gasteiger charge is 2.42. The summed E-state index contributed by atoms with van der Waals surface area (Å²) in [5.74, 6) is -1.70. The molecule has 2 rings (SSSR count). The lowest BCUT2D eigenvalue weighted by molar-refractivity contribution is -0.146. The quantitative estimate of drug-likeness (QED) is 0.888. The first-order valence-corrected chi connectivity index (χ1v) is 7.28. The minimum Gasteiger partial charge on any atom is -0.366 e. The van der Waals surface area contributed by atoms with Crippen molar-refractivity contribution < 1.29 is 22.8 Å². The Kier molecular flexibility index (Phi) is 4.61. The lowest BCUT2D eigenvalue weighted by atomic mass is 10.1. The molecule has 1 aromatic carbocycles. The predicted octanol–water partition coefficient (Wildman–Crippen LogP) is 3.01. The zero-order valence-electron chi connectivity index (χ0n) is 13.8. The molecule has 1 aromatic heterocycles. The largest absolute Gasteiger partial charge is 0.433 e. The van der Waals surface area contributed by atoms with Crippen molar-refractivity contribution in [3.8, 4) is 0 Å². The van der Waals surface area contributed by atoms with Crippen LogP contribution in [0.4, 0.5) is 18.9 Å². The number of alkyl halides is 3. The maximum absolute atomic E-state index is 13.4. The van der Waals surface area contributed by atoms with Crippen LogP contribution in [-0.2, 0) is 11.7 Å². The van der Waals surface area contributed by atoms with Crippen molar-refractivity contribution in [2.45, 2.75) is 32.5 Å². The van der Waals surface area contributed by atoms with Crippen LogP contribution in [-0.4, -0.2) is 21.6 Å². The van der Waals surface area contributed by atoms with Crippen LogP contribution in [0.25, 0.3) is 0 Å². The van der Waals surface area contributed by atoms with Gasteiger partial charge in [0.15, 0.2) is 5.69 Å². The van der Waals surface area contributed by atoms with Crippen LogP contribution in [0.2, 0.25) is 0 Å². The molecule has 0 atom stereocenters. The molecular formula is C16H17F3N4O2. The molecule has 0 spiro atoms. The minimum atomic E-state index is -4.76. The van der Waals surface area contributed by atoms with Crippen molar-refractivity contribution in [1.29, 1.82) is 0 Å². The Morgan fingerprint density at radius 1 is 1.20 bits per heavy atom. The molecule has 0 saturated carbocycles. The Balaban J connectivity index is 2.42. The van der Waals surface area contributed by atoms with Gasteiger partial charge >= 0.3 is 6.18 Å². The van der Waals surface area contributed by atoms with E-state index in [0.717, 1.165) is 10.9 Å². The number of carbonyl (C=O) groups excluding carboxylic acids is 2. The van der Waals surface area contributed by atoms with Gasteiger partial charge in [-0.3, -0.25) is 14.3 Å². The number of carbonyl (C=O) groups is 2. The van der Waals surface area contributed by atoms with Gasteiger partial charge in [0.25, 0.3) is 5.91 Å². The molecule has 0 unspecified atom stereocenters. The van der Waals surface area contributed by atoms with E-state index in [1.54, 1.807) is 20.8 Å². The van der Waals surface area contributed by atoms with Crippen LogP contribution in [0, 0.1) is 0 Å². The summed E-state index contributed by atoms with van der Waals surface area (Å²) < 4.78 is 41.1. The number of nitrogens with one attached hydrogen (secondary N) is 1. The average Bonchev–Trinajstić information content (AvgIpc) is 2.92. The van der Waals surface area contributed by atoms with Crippen molar-refractivity contribution in [2.75, 3.05) is 5.32 Å². The first-order valence-electron chi connectivity index (χ1n) is 7.28. The van der Waals surface area contributed by atoms with Gasteiger partial charge in [0.1, 0.15) is 0 Å². The van der Waals surface area contributed by atoms with Crippen molar-refractivity contribution in [2.24, 2.45) is 5.73 Å². The number of aromatic nitrogens is 2. The summed E-state index contributed by atoms with van der Waals surface area (Å²) in [5, 5.41) is 6.05. The minimum absolute atomic E-state index is 0.124. The van der Waals surface area contributed by atoms with Gasteiger partial charge in [0.2, 0.25) is 5.91 Å². The fourth-order valence-corrected chi connectivity index (χ4v) is 2.24. The van der Waals surface area contributed by atoms with Crippen LogP contribution in [0.1, 0.15) is 47.2 Å². The Bertz CT molecular complexity index is 820. The van der Waals surface area contributed by atoms with Crippen molar-refractivity contribution in [3.05, 3.63) is 47.3 Å². The second-order valence-electron chi connectivity index (χ2n) is 6.39. The van der Waals surface area contributed by atoms with Crippen molar-refractivity contribution >= 4 is 17.5 Å². The Morgan fingerprint density at radius 3 is 2.36 bits per heavy atom. The number of hydrogen-bond acceptors (Lipinski definition) is 3. The molecule has 3 N–H and O–H groups in total. The first-order chi connectivity index (χ1) is 11.4. The maximum atomic E-state index is 13.4. The number of rotatable bonds is 3. The Hall–Kier alpha value is -2.84. The van der Waals surface area contributed by atoms with E-state index in [2.05, 4.69) is 10.4 Å². The van der Waals surface area contributed by atoms with Gasteiger partial charge < -0.3 is 11.1 Å². The second-order valence-corrected chi connectivity index (χ2v) is 6.39. The van der Waals surface area contributed by atoms with Crippen LogP contribution in [0.5, 0.6) is 0 Å². The summed E-state index contributed by atoms with van der Waals surface area (Å²) in [6.45, 7) is 4.65. The molecule has 9 heteroatoms. The standard InChI is InChI=1S/C16H17F3N4O2/c1-15(2,3)23-12(16(17,18)19)11(8-21-23)14(25)22-10-6-4-5-9(7-10)13(20)24/h4-8H,1-3H3,(H2,20,24)(H,22,25). The molecule has 0 aliphatic rings. The number of benzene rings is 1. The number of nitrogens with two attached hydrogens (primary N) is 1. The van der Waals surface area contributed by atoms with E-state index in [1.165, 1.54) is 24.3 Å². The van der Waals surface area contributed by atoms with Gasteiger partial charge in [-0.15, -0.1) is 0 Å². The molecule has 25 heavy (non-hydrogen) atoms. The molecular weight excluding hydrogens is 337 g/mol. The predicted molar refractivity (Wildman–Crippen MR) is 85.1 cm³/mol. The maximum Gasteiger partial charge on any atom is 0.433 e. The number of amides is 2. The average molecular weight is 354 g/mol. The lowest BCUT2D eigenvalue weighted by Crippen LogP contribution is -2.30. The topological polar surface area (TPSA) is 90.0 Å². The molecule has 134 valence electrons. The highest BCUT2D eigenvalue weighted by molar-refractivity contribution is 6.05. The Labute approximate surface area is 141 Å². The fraction of sp³-hybridized carbons (Fsp3) is 0.312. The SMILES string of the molecule is CC(C)(C)n1ncc(C(=O)Nc2cccc(C(N)=O)c2)c1C(F)(F)F. The third kappa shape index (κ3) is 3.98.